The van der Waals surface area contributed by atoms with Crippen LogP contribution in [0.1, 0.15) is 5.69 Å². The number of halogens is 3. The Labute approximate surface area is 73.1 Å². The van der Waals surface area contributed by atoms with E-state index in [1.54, 1.807) is 13.0 Å². The maximum absolute atomic E-state index is 11.6. The van der Waals surface area contributed by atoms with Crippen LogP contribution in [0.25, 0.3) is 0 Å². The van der Waals surface area contributed by atoms with Crippen molar-refractivity contribution in [1.29, 1.82) is 0 Å². The monoisotopic (exact) mass is 194 g/mol. The van der Waals surface area contributed by atoms with Gasteiger partial charge in [-0.1, -0.05) is 0 Å². The Morgan fingerprint density at radius 3 is 2.69 bits per heavy atom. The van der Waals surface area contributed by atoms with Crippen LogP contribution in [0, 0.1) is 6.92 Å². The molecular weight excluding hydrogens is 185 g/mol. The van der Waals surface area contributed by atoms with Gasteiger partial charge in [0, 0.05) is 11.9 Å². The van der Waals surface area contributed by atoms with Crippen molar-refractivity contribution in [1.82, 2.24) is 9.78 Å². The maximum Gasteiger partial charge on any atom is 0.411 e. The molecule has 74 valence electrons. The van der Waals surface area contributed by atoms with Gasteiger partial charge in [0.05, 0.1) is 0 Å². The lowest BCUT2D eigenvalue weighted by molar-refractivity contribution is -0.182. The molecule has 3 nitrogen and oxygen atoms in total. The van der Waals surface area contributed by atoms with Gasteiger partial charge in [0.15, 0.2) is 0 Å². The third kappa shape index (κ3) is 3.45. The van der Waals surface area contributed by atoms with Crippen LogP contribution in [-0.4, -0.2) is 22.6 Å². The highest BCUT2D eigenvalue weighted by molar-refractivity contribution is 4.95. The van der Waals surface area contributed by atoms with Crippen LogP contribution in [0.4, 0.5) is 13.2 Å². The van der Waals surface area contributed by atoms with E-state index in [4.69, 9.17) is 0 Å². The van der Waals surface area contributed by atoms with E-state index in [9.17, 15) is 13.2 Å². The number of alkyl halides is 3. The number of aromatic nitrogens is 2. The predicted molar refractivity (Wildman–Crippen MR) is 39.0 cm³/mol. The van der Waals surface area contributed by atoms with Gasteiger partial charge in [-0.05, 0) is 13.0 Å². The molecule has 0 radical (unpaired) electrons. The molecule has 0 unspecified atom stereocenters. The minimum Gasteiger partial charge on any atom is -0.350 e. The molecule has 0 N–H and O–H groups in total. The highest BCUT2D eigenvalue weighted by atomic mass is 19.4. The molecule has 0 spiro atoms. The maximum atomic E-state index is 11.6. The van der Waals surface area contributed by atoms with Crippen molar-refractivity contribution in [2.75, 3.05) is 6.61 Å². The van der Waals surface area contributed by atoms with E-state index in [-0.39, 0.29) is 6.73 Å². The van der Waals surface area contributed by atoms with E-state index in [2.05, 4.69) is 9.84 Å². The van der Waals surface area contributed by atoms with E-state index in [1.165, 1.54) is 10.9 Å². The first-order valence-electron chi connectivity index (χ1n) is 3.62. The van der Waals surface area contributed by atoms with Crippen molar-refractivity contribution in [3.63, 3.8) is 0 Å². The standard InChI is InChI=1S/C7H9F3N2O/c1-6-2-3-11-12(6)5-13-4-7(8,9)10/h2-3H,4-5H2,1H3. The molecule has 0 saturated heterocycles. The Balaban J connectivity index is 2.32. The Morgan fingerprint density at radius 2 is 2.23 bits per heavy atom. The fraction of sp³-hybridized carbons (Fsp3) is 0.571. The molecule has 13 heavy (non-hydrogen) atoms. The zero-order valence-electron chi connectivity index (χ0n) is 7.01. The number of rotatable bonds is 3. The molecule has 1 aromatic rings. The minimum absolute atomic E-state index is 0.168. The zero-order valence-corrected chi connectivity index (χ0v) is 7.01. The fourth-order valence-electron chi connectivity index (χ4n) is 0.782. The summed E-state index contributed by atoms with van der Waals surface area (Å²) < 4.78 is 40.6. The average molecular weight is 194 g/mol. The third-order valence-corrected chi connectivity index (χ3v) is 1.41. The summed E-state index contributed by atoms with van der Waals surface area (Å²) in [4.78, 5) is 0. The molecule has 0 atom stereocenters. The first-order chi connectivity index (χ1) is 5.99. The lowest BCUT2D eigenvalue weighted by Gasteiger charge is -2.08. The van der Waals surface area contributed by atoms with Crippen molar-refractivity contribution < 1.29 is 17.9 Å². The zero-order chi connectivity index (χ0) is 9.90. The number of ether oxygens (including phenoxy) is 1. The van der Waals surface area contributed by atoms with Crippen LogP contribution in [0.5, 0.6) is 0 Å². The molecular formula is C7H9F3N2O. The lowest BCUT2D eigenvalue weighted by atomic mass is 10.5. The van der Waals surface area contributed by atoms with Gasteiger partial charge in [0.25, 0.3) is 0 Å². The third-order valence-electron chi connectivity index (χ3n) is 1.41. The number of aryl methyl sites for hydroxylation is 1. The predicted octanol–water partition coefficient (Wildman–Crippen LogP) is 1.73. The van der Waals surface area contributed by atoms with Crippen molar-refractivity contribution in [3.05, 3.63) is 18.0 Å². The Bertz CT molecular complexity index is 269. The molecule has 0 amide bonds. The number of hydrogen-bond donors (Lipinski definition) is 0. The van der Waals surface area contributed by atoms with Crippen LogP contribution in [0.2, 0.25) is 0 Å². The molecule has 0 bridgehead atoms. The SMILES string of the molecule is Cc1ccnn1COCC(F)(F)F. The second-order valence-corrected chi connectivity index (χ2v) is 2.56. The van der Waals surface area contributed by atoms with E-state index < -0.39 is 12.8 Å². The van der Waals surface area contributed by atoms with Gasteiger partial charge in [-0.25, -0.2) is 4.68 Å². The van der Waals surface area contributed by atoms with Gasteiger partial charge in [-0.15, -0.1) is 0 Å². The smallest absolute Gasteiger partial charge is 0.350 e. The van der Waals surface area contributed by atoms with Crippen LogP contribution < -0.4 is 0 Å². The second-order valence-electron chi connectivity index (χ2n) is 2.56. The normalized spacial score (nSPS) is 12.0. The van der Waals surface area contributed by atoms with Crippen molar-refractivity contribution >= 4 is 0 Å². The summed E-state index contributed by atoms with van der Waals surface area (Å²) in [6.45, 7) is 0.328. The Hall–Kier alpha value is -1.04. The Morgan fingerprint density at radius 1 is 1.54 bits per heavy atom. The first-order valence-corrected chi connectivity index (χ1v) is 3.62. The first kappa shape index (κ1) is 10.0. The molecule has 1 rings (SSSR count). The quantitative estimate of drug-likeness (QED) is 0.732. The molecule has 0 aromatic carbocycles. The summed E-state index contributed by atoms with van der Waals surface area (Å²) in [6.07, 6.45) is -2.77. The summed E-state index contributed by atoms with van der Waals surface area (Å²) in [5.41, 5.74) is 0.766. The number of nitrogens with zero attached hydrogens (tertiary/aromatic N) is 2. The molecule has 0 saturated carbocycles. The van der Waals surface area contributed by atoms with Crippen LogP contribution in [0.15, 0.2) is 12.3 Å². The van der Waals surface area contributed by atoms with Crippen molar-refractivity contribution in [2.45, 2.75) is 19.8 Å². The van der Waals surface area contributed by atoms with E-state index in [0.29, 0.717) is 0 Å². The van der Waals surface area contributed by atoms with E-state index >= 15 is 0 Å². The summed E-state index contributed by atoms with van der Waals surface area (Å²) >= 11 is 0. The van der Waals surface area contributed by atoms with Crippen molar-refractivity contribution in [3.8, 4) is 0 Å². The summed E-state index contributed by atoms with van der Waals surface area (Å²) in [5, 5.41) is 3.76. The van der Waals surface area contributed by atoms with Gasteiger partial charge >= 0.3 is 6.18 Å². The van der Waals surface area contributed by atoms with Gasteiger partial charge < -0.3 is 4.74 Å². The van der Waals surface area contributed by atoms with E-state index in [1.807, 2.05) is 0 Å². The molecule has 0 aliphatic carbocycles. The average Bonchev–Trinajstić information content (AvgIpc) is 2.34. The highest BCUT2D eigenvalue weighted by Gasteiger charge is 2.27. The second kappa shape index (κ2) is 3.78. The van der Waals surface area contributed by atoms with Gasteiger partial charge in [-0.3, -0.25) is 0 Å². The van der Waals surface area contributed by atoms with Gasteiger partial charge in [0.1, 0.15) is 13.3 Å². The summed E-state index contributed by atoms with van der Waals surface area (Å²) in [7, 11) is 0. The molecule has 0 aliphatic heterocycles. The Kier molecular flexibility index (Phi) is 2.92. The van der Waals surface area contributed by atoms with Crippen molar-refractivity contribution in [2.24, 2.45) is 0 Å². The van der Waals surface area contributed by atoms with E-state index in [0.717, 1.165) is 5.69 Å². The largest absolute Gasteiger partial charge is 0.411 e. The topological polar surface area (TPSA) is 27.1 Å². The molecule has 6 heteroatoms. The lowest BCUT2D eigenvalue weighted by Crippen LogP contribution is -2.19. The van der Waals surface area contributed by atoms with Gasteiger partial charge in [0.2, 0.25) is 0 Å². The summed E-state index contributed by atoms with van der Waals surface area (Å²) in [6, 6.07) is 1.69. The molecule has 0 aliphatic rings. The minimum atomic E-state index is -4.28. The molecule has 0 fully saturated rings. The molecule has 1 heterocycles. The van der Waals surface area contributed by atoms with Gasteiger partial charge in [-0.2, -0.15) is 18.3 Å². The van der Waals surface area contributed by atoms with Crippen LogP contribution >= 0.6 is 0 Å². The highest BCUT2D eigenvalue weighted by Crippen LogP contribution is 2.14. The van der Waals surface area contributed by atoms with Crippen LogP contribution in [0.3, 0.4) is 0 Å². The molecule has 1 aromatic heterocycles. The van der Waals surface area contributed by atoms with Crippen LogP contribution in [-0.2, 0) is 11.5 Å². The number of hydrogen-bond acceptors (Lipinski definition) is 2. The fourth-order valence-corrected chi connectivity index (χ4v) is 0.782. The summed E-state index contributed by atoms with van der Waals surface area (Å²) in [5.74, 6) is 0.